The standard InChI is InChI=1S/C9H12N2O2/c12-7-5-10-6-8(7)13-9-3-1-2-4-11-9/h1-4,7-8,10,12H,5-6H2/t7?,8-/m0/s1. The van der Waals surface area contributed by atoms with Crippen molar-refractivity contribution in [3.63, 3.8) is 0 Å². The average Bonchev–Trinajstić information content (AvgIpc) is 2.54. The van der Waals surface area contributed by atoms with Crippen molar-refractivity contribution in [3.8, 4) is 5.88 Å². The predicted octanol–water partition coefficient (Wildman–Crippen LogP) is -0.207. The molecule has 1 fully saturated rings. The van der Waals surface area contributed by atoms with Gasteiger partial charge in [0, 0.05) is 25.4 Å². The number of pyridine rings is 1. The fourth-order valence-corrected chi connectivity index (χ4v) is 1.33. The van der Waals surface area contributed by atoms with Gasteiger partial charge in [-0.3, -0.25) is 0 Å². The van der Waals surface area contributed by atoms with E-state index in [2.05, 4.69) is 10.3 Å². The van der Waals surface area contributed by atoms with Crippen LogP contribution >= 0.6 is 0 Å². The van der Waals surface area contributed by atoms with E-state index in [1.807, 2.05) is 12.1 Å². The summed E-state index contributed by atoms with van der Waals surface area (Å²) in [6.45, 7) is 1.27. The summed E-state index contributed by atoms with van der Waals surface area (Å²) >= 11 is 0. The highest BCUT2D eigenvalue weighted by Gasteiger charge is 2.26. The van der Waals surface area contributed by atoms with Crippen LogP contribution in [0, 0.1) is 0 Å². The van der Waals surface area contributed by atoms with E-state index in [-0.39, 0.29) is 6.10 Å². The van der Waals surface area contributed by atoms with E-state index in [0.717, 1.165) is 0 Å². The molecule has 4 heteroatoms. The number of aliphatic hydroxyl groups excluding tert-OH is 1. The maximum atomic E-state index is 9.43. The molecule has 2 heterocycles. The third-order valence-electron chi connectivity index (χ3n) is 2.04. The summed E-state index contributed by atoms with van der Waals surface area (Å²) in [4.78, 5) is 4.02. The molecule has 4 nitrogen and oxygen atoms in total. The first-order valence-corrected chi connectivity index (χ1v) is 4.33. The van der Waals surface area contributed by atoms with E-state index in [4.69, 9.17) is 4.74 Å². The Morgan fingerprint density at radius 3 is 3.00 bits per heavy atom. The van der Waals surface area contributed by atoms with Gasteiger partial charge in [0.25, 0.3) is 0 Å². The van der Waals surface area contributed by atoms with Crippen LogP contribution in [-0.2, 0) is 0 Å². The Morgan fingerprint density at radius 2 is 2.38 bits per heavy atom. The molecular weight excluding hydrogens is 168 g/mol. The lowest BCUT2D eigenvalue weighted by molar-refractivity contribution is 0.0706. The number of rotatable bonds is 2. The lowest BCUT2D eigenvalue weighted by atomic mass is 10.3. The minimum absolute atomic E-state index is 0.171. The van der Waals surface area contributed by atoms with Gasteiger partial charge in [-0.05, 0) is 6.07 Å². The van der Waals surface area contributed by atoms with Crippen LogP contribution in [0.15, 0.2) is 24.4 Å². The first kappa shape index (κ1) is 8.47. The summed E-state index contributed by atoms with van der Waals surface area (Å²) in [6.07, 6.45) is 1.07. The highest BCUT2D eigenvalue weighted by Crippen LogP contribution is 2.10. The van der Waals surface area contributed by atoms with Crippen LogP contribution in [0.1, 0.15) is 0 Å². The Bertz CT molecular complexity index is 266. The molecule has 1 aromatic heterocycles. The van der Waals surface area contributed by atoms with Gasteiger partial charge >= 0.3 is 0 Å². The van der Waals surface area contributed by atoms with Crippen molar-refractivity contribution in [2.45, 2.75) is 12.2 Å². The van der Waals surface area contributed by atoms with Crippen LogP contribution in [0.4, 0.5) is 0 Å². The van der Waals surface area contributed by atoms with E-state index >= 15 is 0 Å². The van der Waals surface area contributed by atoms with Gasteiger partial charge in [-0.2, -0.15) is 0 Å². The molecule has 0 aliphatic carbocycles. The maximum absolute atomic E-state index is 9.43. The Balaban J connectivity index is 1.98. The molecular formula is C9H12N2O2. The largest absolute Gasteiger partial charge is 0.470 e. The quantitative estimate of drug-likeness (QED) is 0.661. The summed E-state index contributed by atoms with van der Waals surface area (Å²) in [5, 5.41) is 12.5. The van der Waals surface area contributed by atoms with Gasteiger partial charge in [-0.15, -0.1) is 0 Å². The van der Waals surface area contributed by atoms with Crippen LogP contribution < -0.4 is 10.1 Å². The fourth-order valence-electron chi connectivity index (χ4n) is 1.33. The number of ether oxygens (including phenoxy) is 1. The molecule has 1 aromatic rings. The van der Waals surface area contributed by atoms with Gasteiger partial charge in [-0.1, -0.05) is 6.07 Å². The fraction of sp³-hybridized carbons (Fsp3) is 0.444. The van der Waals surface area contributed by atoms with Gasteiger partial charge in [-0.25, -0.2) is 4.98 Å². The van der Waals surface area contributed by atoms with Gasteiger partial charge < -0.3 is 15.2 Å². The molecule has 0 bridgehead atoms. The number of hydrogen-bond acceptors (Lipinski definition) is 4. The van der Waals surface area contributed by atoms with Crippen LogP contribution in [0.3, 0.4) is 0 Å². The zero-order chi connectivity index (χ0) is 9.10. The van der Waals surface area contributed by atoms with E-state index in [9.17, 15) is 5.11 Å². The molecule has 2 rings (SSSR count). The summed E-state index contributed by atoms with van der Waals surface area (Å²) < 4.78 is 5.46. The van der Waals surface area contributed by atoms with Gasteiger partial charge in [0.05, 0.1) is 0 Å². The van der Waals surface area contributed by atoms with E-state index in [1.165, 1.54) is 0 Å². The lowest BCUT2D eigenvalue weighted by Crippen LogP contribution is -2.30. The van der Waals surface area contributed by atoms with Gasteiger partial charge in [0.15, 0.2) is 0 Å². The second-order valence-corrected chi connectivity index (χ2v) is 3.05. The molecule has 0 radical (unpaired) electrons. The second-order valence-electron chi connectivity index (χ2n) is 3.05. The first-order valence-electron chi connectivity index (χ1n) is 4.33. The zero-order valence-electron chi connectivity index (χ0n) is 7.18. The number of nitrogens with one attached hydrogen (secondary N) is 1. The van der Waals surface area contributed by atoms with Crippen molar-refractivity contribution in [2.75, 3.05) is 13.1 Å². The number of nitrogens with zero attached hydrogens (tertiary/aromatic N) is 1. The van der Waals surface area contributed by atoms with Crippen molar-refractivity contribution >= 4 is 0 Å². The Hall–Kier alpha value is -1.13. The van der Waals surface area contributed by atoms with E-state index in [1.54, 1.807) is 12.3 Å². The summed E-state index contributed by atoms with van der Waals surface area (Å²) in [5.74, 6) is 0.565. The van der Waals surface area contributed by atoms with Crippen molar-refractivity contribution < 1.29 is 9.84 Å². The Morgan fingerprint density at radius 1 is 1.46 bits per heavy atom. The Kier molecular flexibility index (Phi) is 2.42. The smallest absolute Gasteiger partial charge is 0.213 e. The molecule has 13 heavy (non-hydrogen) atoms. The normalized spacial score (nSPS) is 27.5. The summed E-state index contributed by atoms with van der Waals surface area (Å²) in [5.41, 5.74) is 0. The number of aromatic nitrogens is 1. The molecule has 0 aromatic carbocycles. The number of β-amino-alcohol motifs (C(OH)–C–C–N with tert-alkyl or cyclic N) is 1. The summed E-state index contributed by atoms with van der Waals surface area (Å²) in [6, 6.07) is 5.47. The van der Waals surface area contributed by atoms with Gasteiger partial charge in [0.2, 0.25) is 5.88 Å². The molecule has 1 saturated heterocycles. The van der Waals surface area contributed by atoms with Crippen LogP contribution in [0.2, 0.25) is 0 Å². The molecule has 70 valence electrons. The lowest BCUT2D eigenvalue weighted by Gasteiger charge is -2.14. The molecule has 2 N–H and O–H groups in total. The monoisotopic (exact) mass is 180 g/mol. The highest BCUT2D eigenvalue weighted by molar-refractivity contribution is 5.10. The molecule has 1 aliphatic heterocycles. The van der Waals surface area contributed by atoms with Crippen molar-refractivity contribution in [1.29, 1.82) is 0 Å². The molecule has 0 spiro atoms. The first-order chi connectivity index (χ1) is 6.36. The molecule has 0 amide bonds. The van der Waals surface area contributed by atoms with E-state index in [0.29, 0.717) is 19.0 Å². The van der Waals surface area contributed by atoms with Crippen molar-refractivity contribution in [3.05, 3.63) is 24.4 Å². The third kappa shape index (κ3) is 1.96. The van der Waals surface area contributed by atoms with Crippen LogP contribution in [-0.4, -0.2) is 35.4 Å². The third-order valence-corrected chi connectivity index (χ3v) is 2.04. The van der Waals surface area contributed by atoms with Crippen molar-refractivity contribution in [2.24, 2.45) is 0 Å². The van der Waals surface area contributed by atoms with E-state index < -0.39 is 6.10 Å². The maximum Gasteiger partial charge on any atom is 0.213 e. The van der Waals surface area contributed by atoms with Crippen molar-refractivity contribution in [1.82, 2.24) is 10.3 Å². The molecule has 2 atom stereocenters. The Labute approximate surface area is 76.6 Å². The summed E-state index contributed by atoms with van der Waals surface area (Å²) in [7, 11) is 0. The van der Waals surface area contributed by atoms with Gasteiger partial charge in [0.1, 0.15) is 12.2 Å². The highest BCUT2D eigenvalue weighted by atomic mass is 16.5. The molecule has 1 unspecified atom stereocenters. The minimum Gasteiger partial charge on any atom is -0.470 e. The number of hydrogen-bond donors (Lipinski definition) is 2. The molecule has 1 aliphatic rings. The zero-order valence-corrected chi connectivity index (χ0v) is 7.18. The van der Waals surface area contributed by atoms with Crippen LogP contribution in [0.25, 0.3) is 0 Å². The topological polar surface area (TPSA) is 54.4 Å². The van der Waals surface area contributed by atoms with Crippen LogP contribution in [0.5, 0.6) is 5.88 Å². The number of aliphatic hydroxyl groups is 1. The predicted molar refractivity (Wildman–Crippen MR) is 47.5 cm³/mol. The average molecular weight is 180 g/mol. The SMILES string of the molecule is OC1CNC[C@@H]1Oc1ccccn1. The second kappa shape index (κ2) is 3.72. The minimum atomic E-state index is -0.429. The molecule has 0 saturated carbocycles.